The summed E-state index contributed by atoms with van der Waals surface area (Å²) in [6.07, 6.45) is 6.41. The number of hydrogen-bond donors (Lipinski definition) is 1. The number of nitrogens with one attached hydrogen (secondary N) is 1. The minimum atomic E-state index is 0.935. The Kier molecular flexibility index (Phi) is 6.64. The lowest BCUT2D eigenvalue weighted by Gasteiger charge is -1.97. The van der Waals surface area contributed by atoms with Crippen LogP contribution >= 0.6 is 0 Å². The molecule has 0 spiro atoms. The maximum atomic E-state index is 4.18. The first-order chi connectivity index (χ1) is 5.35. The molecule has 0 unspecified atom stereocenters. The van der Waals surface area contributed by atoms with Gasteiger partial charge in [-0.05, 0) is 20.0 Å². The molecular formula is C9H16N2. The van der Waals surface area contributed by atoms with Gasteiger partial charge in [0.15, 0.2) is 0 Å². The Morgan fingerprint density at radius 1 is 1.64 bits per heavy atom. The highest BCUT2D eigenvalue weighted by molar-refractivity contribution is 5.94. The van der Waals surface area contributed by atoms with Crippen LogP contribution in [0.5, 0.6) is 0 Å². The highest BCUT2D eigenvalue weighted by Crippen LogP contribution is 1.88. The van der Waals surface area contributed by atoms with Crippen LogP contribution in [0.1, 0.15) is 13.3 Å². The van der Waals surface area contributed by atoms with Crippen molar-refractivity contribution >= 4 is 5.71 Å². The fraction of sp³-hybridized carbons (Fsp3) is 0.444. The molecule has 0 heterocycles. The van der Waals surface area contributed by atoms with Crippen molar-refractivity contribution in [3.8, 4) is 0 Å². The minimum Gasteiger partial charge on any atom is -0.319 e. The molecular weight excluding hydrogens is 136 g/mol. The van der Waals surface area contributed by atoms with E-state index in [9.17, 15) is 0 Å². The fourth-order valence-electron chi connectivity index (χ4n) is 0.643. The normalized spacial score (nSPS) is 12.4. The summed E-state index contributed by atoms with van der Waals surface area (Å²) < 4.78 is 0. The summed E-state index contributed by atoms with van der Waals surface area (Å²) in [5.41, 5.74) is 1.03. The lowest BCUT2D eigenvalue weighted by atomic mass is 10.2. The Balaban J connectivity index is 3.83. The van der Waals surface area contributed by atoms with Gasteiger partial charge in [-0.25, -0.2) is 0 Å². The predicted octanol–water partition coefficient (Wildman–Crippen LogP) is 1.76. The van der Waals surface area contributed by atoms with Crippen LogP contribution in [-0.4, -0.2) is 19.3 Å². The minimum absolute atomic E-state index is 0.935. The van der Waals surface area contributed by atoms with Crippen LogP contribution in [0.2, 0.25) is 0 Å². The predicted molar refractivity (Wildman–Crippen MR) is 51.0 cm³/mol. The molecule has 0 aromatic heterocycles. The molecule has 2 heteroatoms. The summed E-state index contributed by atoms with van der Waals surface area (Å²) in [6.45, 7) is 6.57. The second kappa shape index (κ2) is 7.22. The van der Waals surface area contributed by atoms with Crippen molar-refractivity contribution in [2.75, 3.05) is 13.6 Å². The highest BCUT2D eigenvalue weighted by atomic mass is 14.8. The summed E-state index contributed by atoms with van der Waals surface area (Å²) >= 11 is 0. The second-order valence-corrected chi connectivity index (χ2v) is 2.16. The molecule has 2 nitrogen and oxygen atoms in total. The van der Waals surface area contributed by atoms with Crippen LogP contribution in [0.4, 0.5) is 0 Å². The van der Waals surface area contributed by atoms with Crippen molar-refractivity contribution in [3.63, 3.8) is 0 Å². The van der Waals surface area contributed by atoms with Gasteiger partial charge >= 0.3 is 0 Å². The van der Waals surface area contributed by atoms with Gasteiger partial charge in [-0.15, -0.1) is 0 Å². The zero-order valence-electron chi connectivity index (χ0n) is 7.30. The van der Waals surface area contributed by atoms with Crippen LogP contribution in [0.25, 0.3) is 0 Å². The van der Waals surface area contributed by atoms with E-state index in [1.165, 1.54) is 0 Å². The fourth-order valence-corrected chi connectivity index (χ4v) is 0.643. The molecule has 1 N–H and O–H groups in total. The molecule has 0 aromatic rings. The van der Waals surface area contributed by atoms with E-state index in [-0.39, 0.29) is 0 Å². The SMILES string of the molecule is C=CC(CCNC)=N/C=C\C. The topological polar surface area (TPSA) is 24.4 Å². The molecule has 0 bridgehead atoms. The number of hydrogen-bond acceptors (Lipinski definition) is 2. The third kappa shape index (κ3) is 5.55. The summed E-state index contributed by atoms with van der Waals surface area (Å²) in [5.74, 6) is 0. The van der Waals surface area contributed by atoms with Gasteiger partial charge in [-0.3, -0.25) is 4.99 Å². The zero-order chi connectivity index (χ0) is 8.53. The van der Waals surface area contributed by atoms with Crippen molar-refractivity contribution in [1.82, 2.24) is 5.32 Å². The van der Waals surface area contributed by atoms with Crippen molar-refractivity contribution in [2.24, 2.45) is 4.99 Å². The highest BCUT2D eigenvalue weighted by Gasteiger charge is 1.89. The molecule has 62 valence electrons. The largest absolute Gasteiger partial charge is 0.319 e. The standard InChI is InChI=1S/C9H16N2/c1-4-7-11-9(5-2)6-8-10-3/h4-5,7,10H,2,6,8H2,1,3H3/b7-4-,11-9?. The van der Waals surface area contributed by atoms with Crippen LogP contribution < -0.4 is 5.32 Å². The molecule has 11 heavy (non-hydrogen) atoms. The smallest absolute Gasteiger partial charge is 0.0410 e. The van der Waals surface area contributed by atoms with Gasteiger partial charge in [-0.1, -0.05) is 12.7 Å². The van der Waals surface area contributed by atoms with Crippen molar-refractivity contribution in [2.45, 2.75) is 13.3 Å². The number of rotatable bonds is 5. The van der Waals surface area contributed by atoms with E-state index in [1.807, 2.05) is 20.0 Å². The maximum Gasteiger partial charge on any atom is 0.0410 e. The van der Waals surface area contributed by atoms with Gasteiger partial charge < -0.3 is 5.32 Å². The monoisotopic (exact) mass is 152 g/mol. The first kappa shape index (κ1) is 10.1. The van der Waals surface area contributed by atoms with E-state index in [4.69, 9.17) is 0 Å². The Labute approximate surface area is 68.7 Å². The molecule has 0 aliphatic carbocycles. The second-order valence-electron chi connectivity index (χ2n) is 2.16. The molecule has 0 saturated carbocycles. The van der Waals surface area contributed by atoms with E-state index in [0.29, 0.717) is 0 Å². The summed E-state index contributed by atoms with van der Waals surface area (Å²) in [7, 11) is 1.93. The van der Waals surface area contributed by atoms with E-state index in [0.717, 1.165) is 18.7 Å². The Hall–Kier alpha value is -0.890. The molecule has 0 fully saturated rings. The number of allylic oxidation sites excluding steroid dienone is 2. The van der Waals surface area contributed by atoms with Gasteiger partial charge in [0.1, 0.15) is 0 Å². The Morgan fingerprint density at radius 2 is 2.36 bits per heavy atom. The van der Waals surface area contributed by atoms with Crippen molar-refractivity contribution in [1.29, 1.82) is 0 Å². The van der Waals surface area contributed by atoms with E-state index in [1.54, 1.807) is 12.3 Å². The van der Waals surface area contributed by atoms with Crippen molar-refractivity contribution < 1.29 is 0 Å². The summed E-state index contributed by atoms with van der Waals surface area (Å²) in [5, 5.41) is 3.06. The van der Waals surface area contributed by atoms with Crippen LogP contribution in [-0.2, 0) is 0 Å². The third-order valence-corrected chi connectivity index (χ3v) is 1.26. The molecule has 0 aliphatic rings. The third-order valence-electron chi connectivity index (χ3n) is 1.26. The zero-order valence-corrected chi connectivity index (χ0v) is 7.30. The lowest BCUT2D eigenvalue weighted by Crippen LogP contribution is -2.11. The van der Waals surface area contributed by atoms with Crippen molar-refractivity contribution in [3.05, 3.63) is 24.9 Å². The average molecular weight is 152 g/mol. The van der Waals surface area contributed by atoms with Gasteiger partial charge in [0, 0.05) is 24.9 Å². The molecule has 0 aromatic carbocycles. The van der Waals surface area contributed by atoms with E-state index >= 15 is 0 Å². The first-order valence-corrected chi connectivity index (χ1v) is 3.80. The van der Waals surface area contributed by atoms with E-state index in [2.05, 4.69) is 16.9 Å². The quantitative estimate of drug-likeness (QED) is 0.596. The molecule has 0 amide bonds. The van der Waals surface area contributed by atoms with Crippen LogP contribution in [0.3, 0.4) is 0 Å². The van der Waals surface area contributed by atoms with Crippen LogP contribution in [0.15, 0.2) is 29.9 Å². The molecule has 0 atom stereocenters. The van der Waals surface area contributed by atoms with Gasteiger partial charge in [0.2, 0.25) is 0 Å². The molecule has 0 saturated heterocycles. The van der Waals surface area contributed by atoms with Gasteiger partial charge in [0.05, 0.1) is 0 Å². The first-order valence-electron chi connectivity index (χ1n) is 3.80. The number of nitrogens with zero attached hydrogens (tertiary/aromatic N) is 1. The summed E-state index contributed by atoms with van der Waals surface area (Å²) in [6, 6.07) is 0. The summed E-state index contributed by atoms with van der Waals surface area (Å²) in [4.78, 5) is 4.18. The number of aliphatic imine (C=N–C) groups is 1. The van der Waals surface area contributed by atoms with E-state index < -0.39 is 0 Å². The Bertz CT molecular complexity index is 157. The van der Waals surface area contributed by atoms with Crippen LogP contribution in [0, 0.1) is 0 Å². The maximum absolute atomic E-state index is 4.18. The van der Waals surface area contributed by atoms with Gasteiger partial charge in [-0.2, -0.15) is 0 Å². The lowest BCUT2D eigenvalue weighted by molar-refractivity contribution is 0.825. The molecule has 0 rings (SSSR count). The molecule has 0 aliphatic heterocycles. The van der Waals surface area contributed by atoms with Gasteiger partial charge in [0.25, 0.3) is 0 Å². The molecule has 0 radical (unpaired) electrons. The Morgan fingerprint density at radius 3 is 2.82 bits per heavy atom. The average Bonchev–Trinajstić information content (AvgIpc) is 2.05.